The molecule has 0 spiro atoms. The molecule has 2 aromatic rings. The van der Waals surface area contributed by atoms with Gasteiger partial charge in [-0.1, -0.05) is 71.4 Å². The molecule has 0 atom stereocenters. The van der Waals surface area contributed by atoms with E-state index in [2.05, 4.69) is 26.1 Å². The number of carbonyl (C=O) groups is 1. The Kier molecular flexibility index (Phi) is 15.5. The van der Waals surface area contributed by atoms with Crippen molar-refractivity contribution in [3.8, 4) is 23.0 Å². The number of amides is 1. The molecule has 0 bridgehead atoms. The van der Waals surface area contributed by atoms with Crippen molar-refractivity contribution in [2.45, 2.75) is 85.0 Å². The highest BCUT2D eigenvalue weighted by atomic mass is 16.5. The van der Waals surface area contributed by atoms with Gasteiger partial charge in [0.25, 0.3) is 0 Å². The van der Waals surface area contributed by atoms with Crippen LogP contribution in [0, 0.1) is 0 Å². The number of benzene rings is 2. The summed E-state index contributed by atoms with van der Waals surface area (Å²) in [7, 11) is 0. The zero-order valence-electron chi connectivity index (χ0n) is 23.6. The van der Waals surface area contributed by atoms with Crippen molar-refractivity contribution in [2.75, 3.05) is 26.4 Å². The summed E-state index contributed by atoms with van der Waals surface area (Å²) < 4.78 is 18.6. The highest BCUT2D eigenvalue weighted by Crippen LogP contribution is 2.40. The van der Waals surface area contributed by atoms with E-state index >= 15 is 0 Å². The van der Waals surface area contributed by atoms with Gasteiger partial charge in [0.15, 0.2) is 11.5 Å². The molecule has 1 amide bonds. The van der Waals surface area contributed by atoms with Gasteiger partial charge in [-0.25, -0.2) is 0 Å². The maximum Gasteiger partial charge on any atom is 0.244 e. The minimum atomic E-state index is -0.167. The fraction of sp³-hybridized carbons (Fsp3) is 0.531. The number of rotatable bonds is 20. The molecule has 0 radical (unpaired) electrons. The van der Waals surface area contributed by atoms with Gasteiger partial charge in [-0.2, -0.15) is 0 Å². The van der Waals surface area contributed by atoms with Crippen LogP contribution in [0.15, 0.2) is 42.5 Å². The van der Waals surface area contributed by atoms with Crippen LogP contribution in [0.3, 0.4) is 0 Å². The van der Waals surface area contributed by atoms with Gasteiger partial charge in [-0.15, -0.1) is 0 Å². The molecule has 210 valence electrons. The number of aromatic hydroxyl groups is 1. The van der Waals surface area contributed by atoms with Gasteiger partial charge in [0.1, 0.15) is 5.75 Å². The maximum absolute atomic E-state index is 12.5. The third-order valence-electron chi connectivity index (χ3n) is 6.12. The first-order valence-electron chi connectivity index (χ1n) is 14.4. The van der Waals surface area contributed by atoms with E-state index in [0.717, 1.165) is 68.9 Å². The highest BCUT2D eigenvalue weighted by molar-refractivity contribution is 5.91. The van der Waals surface area contributed by atoms with E-state index in [1.165, 1.54) is 6.08 Å². The Balaban J connectivity index is 2.13. The molecule has 0 saturated heterocycles. The number of hydrogen-bond acceptors (Lipinski definition) is 5. The normalized spacial score (nSPS) is 11.0. The van der Waals surface area contributed by atoms with Gasteiger partial charge in [0.05, 0.1) is 19.8 Å². The second-order valence-electron chi connectivity index (χ2n) is 9.55. The molecule has 0 aliphatic carbocycles. The van der Waals surface area contributed by atoms with E-state index in [4.69, 9.17) is 14.2 Å². The van der Waals surface area contributed by atoms with Crippen LogP contribution in [0.25, 0.3) is 6.08 Å². The molecular formula is C32H47NO5. The molecule has 0 aliphatic heterocycles. The van der Waals surface area contributed by atoms with E-state index in [9.17, 15) is 9.90 Å². The zero-order valence-corrected chi connectivity index (χ0v) is 23.6. The third kappa shape index (κ3) is 12.4. The third-order valence-corrected chi connectivity index (χ3v) is 6.12. The van der Waals surface area contributed by atoms with Crippen molar-refractivity contribution in [3.05, 3.63) is 53.6 Å². The monoisotopic (exact) mass is 525 g/mol. The number of nitrogens with one attached hydrogen (secondary N) is 1. The summed E-state index contributed by atoms with van der Waals surface area (Å²) in [5.41, 5.74) is 1.88. The fourth-order valence-electron chi connectivity index (χ4n) is 3.87. The molecule has 0 unspecified atom stereocenters. The smallest absolute Gasteiger partial charge is 0.244 e. The summed E-state index contributed by atoms with van der Waals surface area (Å²) in [6.07, 6.45) is 13.7. The Morgan fingerprint density at radius 1 is 0.789 bits per heavy atom. The van der Waals surface area contributed by atoms with Crippen molar-refractivity contribution in [2.24, 2.45) is 0 Å². The van der Waals surface area contributed by atoms with Crippen molar-refractivity contribution in [3.63, 3.8) is 0 Å². The topological polar surface area (TPSA) is 77.0 Å². The van der Waals surface area contributed by atoms with Crippen molar-refractivity contribution in [1.29, 1.82) is 0 Å². The Morgan fingerprint density at radius 3 is 1.84 bits per heavy atom. The Morgan fingerprint density at radius 2 is 1.32 bits per heavy atom. The minimum absolute atomic E-state index is 0.167. The van der Waals surface area contributed by atoms with Crippen molar-refractivity contribution < 1.29 is 24.1 Å². The molecule has 0 aromatic heterocycles. The van der Waals surface area contributed by atoms with E-state index in [1.54, 1.807) is 18.2 Å². The minimum Gasteiger partial charge on any atom is -0.508 e. The van der Waals surface area contributed by atoms with E-state index in [-0.39, 0.29) is 11.7 Å². The molecule has 2 rings (SSSR count). The first kappa shape index (κ1) is 31.1. The summed E-state index contributed by atoms with van der Waals surface area (Å²) in [5.74, 6) is 2.06. The lowest BCUT2D eigenvalue weighted by molar-refractivity contribution is -0.116. The van der Waals surface area contributed by atoms with Crippen LogP contribution in [0.4, 0.5) is 0 Å². The quantitative estimate of drug-likeness (QED) is 0.138. The van der Waals surface area contributed by atoms with Gasteiger partial charge in [0.2, 0.25) is 11.7 Å². The number of ether oxygens (including phenoxy) is 3. The fourth-order valence-corrected chi connectivity index (χ4v) is 3.87. The summed E-state index contributed by atoms with van der Waals surface area (Å²) in [6.45, 7) is 8.87. The lowest BCUT2D eigenvalue weighted by Gasteiger charge is -2.18. The lowest BCUT2D eigenvalue weighted by atomic mass is 10.1. The van der Waals surface area contributed by atoms with Crippen molar-refractivity contribution in [1.82, 2.24) is 5.32 Å². The van der Waals surface area contributed by atoms with Gasteiger partial charge in [0, 0.05) is 12.6 Å². The number of phenols is 1. The van der Waals surface area contributed by atoms with Crippen LogP contribution >= 0.6 is 0 Å². The largest absolute Gasteiger partial charge is 0.508 e. The molecule has 6 heteroatoms. The molecule has 2 aromatic carbocycles. The van der Waals surface area contributed by atoms with Gasteiger partial charge >= 0.3 is 0 Å². The van der Waals surface area contributed by atoms with Gasteiger partial charge in [-0.3, -0.25) is 4.79 Å². The first-order chi connectivity index (χ1) is 18.6. The van der Waals surface area contributed by atoms with Crippen molar-refractivity contribution >= 4 is 12.0 Å². The van der Waals surface area contributed by atoms with E-state index in [0.29, 0.717) is 50.0 Å². The Hall–Kier alpha value is -3.15. The molecule has 0 aliphatic rings. The standard InChI is InChI=1S/C32H47NO5/c1-4-7-10-21-36-29-24-27(15-18-31(35)33-20-19-26-13-16-28(34)17-14-26)25-30(37-22-11-8-5-2)32(29)38-23-12-9-6-3/h13-18,24-25,34H,4-12,19-23H2,1-3H3,(H,33,35). The highest BCUT2D eigenvalue weighted by Gasteiger charge is 2.15. The summed E-state index contributed by atoms with van der Waals surface area (Å²) in [6, 6.07) is 10.9. The van der Waals surface area contributed by atoms with E-state index < -0.39 is 0 Å². The van der Waals surface area contributed by atoms with Crippen LogP contribution in [-0.4, -0.2) is 37.4 Å². The molecule has 6 nitrogen and oxygen atoms in total. The molecule has 0 fully saturated rings. The maximum atomic E-state index is 12.5. The predicted octanol–water partition coefficient (Wildman–Crippen LogP) is 7.47. The Bertz CT molecular complexity index is 922. The van der Waals surface area contributed by atoms with Gasteiger partial charge < -0.3 is 24.6 Å². The zero-order chi connectivity index (χ0) is 27.4. The first-order valence-corrected chi connectivity index (χ1v) is 14.4. The van der Waals surface area contributed by atoms with Crippen LogP contribution in [-0.2, 0) is 11.2 Å². The number of phenolic OH excluding ortho intramolecular Hbond substituents is 1. The van der Waals surface area contributed by atoms with Crippen LogP contribution < -0.4 is 19.5 Å². The van der Waals surface area contributed by atoms with Gasteiger partial charge in [-0.05, 0) is 67.2 Å². The van der Waals surface area contributed by atoms with Crippen LogP contribution in [0.5, 0.6) is 23.0 Å². The summed E-state index contributed by atoms with van der Waals surface area (Å²) >= 11 is 0. The number of carbonyl (C=O) groups excluding carboxylic acids is 1. The molecule has 38 heavy (non-hydrogen) atoms. The Labute approximate surface area is 229 Å². The number of hydrogen-bond donors (Lipinski definition) is 2. The summed E-state index contributed by atoms with van der Waals surface area (Å²) in [5, 5.41) is 12.3. The van der Waals surface area contributed by atoms with Crippen LogP contribution in [0.1, 0.15) is 89.7 Å². The second kappa shape index (κ2) is 19.0. The lowest BCUT2D eigenvalue weighted by Crippen LogP contribution is -2.23. The molecule has 0 heterocycles. The number of unbranched alkanes of at least 4 members (excludes halogenated alkanes) is 6. The average molecular weight is 526 g/mol. The molecule has 0 saturated carbocycles. The van der Waals surface area contributed by atoms with Crippen LogP contribution in [0.2, 0.25) is 0 Å². The SMILES string of the molecule is CCCCCOc1cc(C=CC(=O)NCCc2ccc(O)cc2)cc(OCCCCC)c1OCCCCC. The second-order valence-corrected chi connectivity index (χ2v) is 9.55. The average Bonchev–Trinajstić information content (AvgIpc) is 2.92. The summed E-state index contributed by atoms with van der Waals surface area (Å²) in [4.78, 5) is 12.5. The molecular weight excluding hydrogens is 478 g/mol. The van der Waals surface area contributed by atoms with E-state index in [1.807, 2.05) is 24.3 Å². The molecule has 2 N–H and O–H groups in total. The predicted molar refractivity (Wildman–Crippen MR) is 155 cm³/mol.